The van der Waals surface area contributed by atoms with Gasteiger partial charge < -0.3 is 14.5 Å². The quantitative estimate of drug-likeness (QED) is 0.748. The summed E-state index contributed by atoms with van der Waals surface area (Å²) < 4.78 is 4.63. The lowest BCUT2D eigenvalue weighted by Gasteiger charge is -2.13. The molecule has 0 aromatic carbocycles. The standard InChI is InChI=1S/C8H10N2O4/c1-10(5-3-7(11)12)8(13)6-2-4-9-14-6/h2,4H,3,5H2,1H3,(H,11,12). The summed E-state index contributed by atoms with van der Waals surface area (Å²) in [6, 6.07) is 1.43. The van der Waals surface area contributed by atoms with Crippen molar-refractivity contribution in [3.8, 4) is 0 Å². The number of nitrogens with zero attached hydrogens (tertiary/aromatic N) is 2. The highest BCUT2D eigenvalue weighted by molar-refractivity contribution is 5.91. The lowest BCUT2D eigenvalue weighted by atomic mass is 10.3. The van der Waals surface area contributed by atoms with Crippen LogP contribution in [0, 0.1) is 0 Å². The number of amides is 1. The third-order valence-electron chi connectivity index (χ3n) is 1.66. The van der Waals surface area contributed by atoms with Crippen LogP contribution in [0.1, 0.15) is 17.0 Å². The topological polar surface area (TPSA) is 83.6 Å². The minimum Gasteiger partial charge on any atom is -0.481 e. The van der Waals surface area contributed by atoms with Crippen molar-refractivity contribution in [3.63, 3.8) is 0 Å². The SMILES string of the molecule is CN(CCC(=O)O)C(=O)c1ccno1. The Labute approximate surface area is 80.1 Å². The molecule has 1 amide bonds. The van der Waals surface area contributed by atoms with E-state index in [1.165, 1.54) is 24.2 Å². The number of carbonyl (C=O) groups is 2. The molecule has 0 spiro atoms. The maximum absolute atomic E-state index is 11.4. The maximum Gasteiger partial charge on any atom is 0.305 e. The van der Waals surface area contributed by atoms with Crippen LogP contribution in [0.15, 0.2) is 16.8 Å². The summed E-state index contributed by atoms with van der Waals surface area (Å²) >= 11 is 0. The minimum absolute atomic E-state index is 0.0869. The average Bonchev–Trinajstić information content (AvgIpc) is 2.65. The molecule has 0 aliphatic heterocycles. The van der Waals surface area contributed by atoms with Gasteiger partial charge in [-0.1, -0.05) is 5.16 Å². The van der Waals surface area contributed by atoms with Crippen molar-refractivity contribution >= 4 is 11.9 Å². The van der Waals surface area contributed by atoms with E-state index in [1.54, 1.807) is 0 Å². The van der Waals surface area contributed by atoms with Crippen LogP contribution >= 0.6 is 0 Å². The molecule has 0 atom stereocenters. The molecular formula is C8H10N2O4. The van der Waals surface area contributed by atoms with Crippen LogP contribution in [0.2, 0.25) is 0 Å². The van der Waals surface area contributed by atoms with E-state index < -0.39 is 5.97 Å². The van der Waals surface area contributed by atoms with Crippen molar-refractivity contribution in [2.24, 2.45) is 0 Å². The van der Waals surface area contributed by atoms with Crippen LogP contribution in [-0.4, -0.2) is 40.6 Å². The Balaban J connectivity index is 2.49. The summed E-state index contributed by atoms with van der Waals surface area (Å²) in [6.07, 6.45) is 1.27. The van der Waals surface area contributed by atoms with Crippen molar-refractivity contribution < 1.29 is 19.2 Å². The van der Waals surface area contributed by atoms with E-state index in [9.17, 15) is 9.59 Å². The van der Waals surface area contributed by atoms with Gasteiger partial charge in [0.15, 0.2) is 0 Å². The van der Waals surface area contributed by atoms with E-state index in [-0.39, 0.29) is 24.6 Å². The van der Waals surface area contributed by atoms with E-state index >= 15 is 0 Å². The molecule has 1 heterocycles. The Morgan fingerprint density at radius 3 is 2.86 bits per heavy atom. The summed E-state index contributed by atoms with van der Waals surface area (Å²) in [5, 5.41) is 11.8. The van der Waals surface area contributed by atoms with Crippen molar-refractivity contribution in [3.05, 3.63) is 18.0 Å². The molecule has 6 heteroatoms. The van der Waals surface area contributed by atoms with Gasteiger partial charge in [0.2, 0.25) is 5.76 Å². The second kappa shape index (κ2) is 4.40. The zero-order valence-electron chi connectivity index (χ0n) is 7.64. The molecule has 1 aromatic rings. The molecule has 1 rings (SSSR count). The Morgan fingerprint density at radius 1 is 1.64 bits per heavy atom. The molecule has 14 heavy (non-hydrogen) atoms. The number of hydrogen-bond donors (Lipinski definition) is 1. The fraction of sp³-hybridized carbons (Fsp3) is 0.375. The Bertz CT molecular complexity index is 320. The minimum atomic E-state index is -0.942. The molecule has 0 saturated heterocycles. The average molecular weight is 198 g/mol. The van der Waals surface area contributed by atoms with Crippen LogP contribution in [0.4, 0.5) is 0 Å². The molecule has 0 bridgehead atoms. The number of carboxylic acids is 1. The van der Waals surface area contributed by atoms with E-state index in [0.717, 1.165) is 0 Å². The van der Waals surface area contributed by atoms with Gasteiger partial charge in [-0.2, -0.15) is 0 Å². The molecule has 0 aliphatic carbocycles. The highest BCUT2D eigenvalue weighted by atomic mass is 16.5. The van der Waals surface area contributed by atoms with Crippen LogP contribution in [-0.2, 0) is 4.79 Å². The van der Waals surface area contributed by atoms with E-state index in [4.69, 9.17) is 5.11 Å². The van der Waals surface area contributed by atoms with Crippen molar-refractivity contribution in [1.82, 2.24) is 10.1 Å². The third kappa shape index (κ3) is 2.58. The lowest BCUT2D eigenvalue weighted by molar-refractivity contribution is -0.137. The molecule has 0 unspecified atom stereocenters. The van der Waals surface area contributed by atoms with Crippen molar-refractivity contribution in [2.45, 2.75) is 6.42 Å². The Morgan fingerprint density at radius 2 is 2.36 bits per heavy atom. The van der Waals surface area contributed by atoms with E-state index in [1.807, 2.05) is 0 Å². The summed E-state index contributed by atoms with van der Waals surface area (Å²) in [6.45, 7) is 0.148. The summed E-state index contributed by atoms with van der Waals surface area (Å²) in [5.41, 5.74) is 0. The number of rotatable bonds is 4. The first-order chi connectivity index (χ1) is 6.61. The van der Waals surface area contributed by atoms with Crippen LogP contribution in [0.5, 0.6) is 0 Å². The van der Waals surface area contributed by atoms with Crippen LogP contribution in [0.25, 0.3) is 0 Å². The monoisotopic (exact) mass is 198 g/mol. The molecule has 0 aliphatic rings. The number of carbonyl (C=O) groups excluding carboxylic acids is 1. The van der Waals surface area contributed by atoms with Gasteiger partial charge in [-0.3, -0.25) is 9.59 Å². The van der Waals surface area contributed by atoms with Crippen LogP contribution < -0.4 is 0 Å². The van der Waals surface area contributed by atoms with Crippen molar-refractivity contribution in [2.75, 3.05) is 13.6 Å². The predicted octanol–water partition coefficient (Wildman–Crippen LogP) is 0.221. The largest absolute Gasteiger partial charge is 0.481 e. The fourth-order valence-electron chi connectivity index (χ4n) is 0.879. The second-order valence-corrected chi connectivity index (χ2v) is 2.75. The maximum atomic E-state index is 11.4. The van der Waals surface area contributed by atoms with Gasteiger partial charge in [-0.15, -0.1) is 0 Å². The molecule has 76 valence electrons. The van der Waals surface area contributed by atoms with E-state index in [2.05, 4.69) is 9.68 Å². The molecular weight excluding hydrogens is 188 g/mol. The van der Waals surface area contributed by atoms with Gasteiger partial charge in [-0.25, -0.2) is 0 Å². The lowest BCUT2D eigenvalue weighted by Crippen LogP contribution is -2.28. The Hall–Kier alpha value is -1.85. The molecule has 1 aromatic heterocycles. The summed E-state index contributed by atoms with van der Waals surface area (Å²) in [7, 11) is 1.51. The molecule has 0 radical (unpaired) electrons. The number of aliphatic carboxylic acids is 1. The zero-order chi connectivity index (χ0) is 10.6. The molecule has 0 saturated carbocycles. The molecule has 1 N–H and O–H groups in total. The highest BCUT2D eigenvalue weighted by Crippen LogP contribution is 2.02. The number of aromatic nitrogens is 1. The normalized spacial score (nSPS) is 9.79. The molecule has 0 fully saturated rings. The number of carboxylic acid groups (broad SMARTS) is 1. The van der Waals surface area contributed by atoms with Crippen molar-refractivity contribution in [1.29, 1.82) is 0 Å². The van der Waals surface area contributed by atoms with Gasteiger partial charge in [-0.05, 0) is 0 Å². The highest BCUT2D eigenvalue weighted by Gasteiger charge is 2.15. The first kappa shape index (κ1) is 10.2. The fourth-order valence-corrected chi connectivity index (χ4v) is 0.879. The first-order valence-corrected chi connectivity index (χ1v) is 3.99. The third-order valence-corrected chi connectivity index (χ3v) is 1.66. The summed E-state index contributed by atoms with van der Waals surface area (Å²) in [4.78, 5) is 22.9. The van der Waals surface area contributed by atoms with Gasteiger partial charge >= 0.3 is 5.97 Å². The smallest absolute Gasteiger partial charge is 0.305 e. The summed E-state index contributed by atoms with van der Waals surface area (Å²) in [5.74, 6) is -1.20. The Kier molecular flexibility index (Phi) is 3.22. The van der Waals surface area contributed by atoms with Gasteiger partial charge in [0, 0.05) is 19.7 Å². The van der Waals surface area contributed by atoms with Gasteiger partial charge in [0.05, 0.1) is 12.6 Å². The van der Waals surface area contributed by atoms with Gasteiger partial charge in [0.1, 0.15) is 0 Å². The predicted molar refractivity (Wildman–Crippen MR) is 45.7 cm³/mol. The zero-order valence-corrected chi connectivity index (χ0v) is 7.64. The second-order valence-electron chi connectivity index (χ2n) is 2.75. The van der Waals surface area contributed by atoms with E-state index in [0.29, 0.717) is 0 Å². The number of hydrogen-bond acceptors (Lipinski definition) is 4. The van der Waals surface area contributed by atoms with Crippen LogP contribution in [0.3, 0.4) is 0 Å². The first-order valence-electron chi connectivity index (χ1n) is 3.99. The molecule has 6 nitrogen and oxygen atoms in total. The van der Waals surface area contributed by atoms with Gasteiger partial charge in [0.25, 0.3) is 5.91 Å².